The van der Waals surface area contributed by atoms with Crippen molar-refractivity contribution in [1.82, 2.24) is 10.3 Å². The van der Waals surface area contributed by atoms with E-state index in [9.17, 15) is 0 Å². The van der Waals surface area contributed by atoms with E-state index in [2.05, 4.69) is 43.2 Å². The van der Waals surface area contributed by atoms with Gasteiger partial charge in [-0.3, -0.25) is 5.43 Å². The Morgan fingerprint density at radius 1 is 1.00 bits per heavy atom. The highest BCUT2D eigenvalue weighted by Gasteiger charge is 2.24. The number of nitrogens with one attached hydrogen (secondary N) is 1. The Kier molecular flexibility index (Phi) is 7.45. The molecule has 10 heteroatoms. The summed E-state index contributed by atoms with van der Waals surface area (Å²) in [7, 11) is 2.11. The van der Waals surface area contributed by atoms with Gasteiger partial charge in [-0.1, -0.05) is 0 Å². The van der Waals surface area contributed by atoms with E-state index in [1.807, 2.05) is 30.3 Å². The number of nitriles is 1. The number of hydrogen-bond donors (Lipinski definition) is 2. The molecule has 0 aromatic heterocycles. The summed E-state index contributed by atoms with van der Waals surface area (Å²) in [6, 6.07) is 13.2. The minimum atomic E-state index is -0.276. The van der Waals surface area contributed by atoms with Gasteiger partial charge in [-0.2, -0.15) is 10.4 Å². The second-order valence-electron chi connectivity index (χ2n) is 8.52. The fourth-order valence-electron chi connectivity index (χ4n) is 4.35. The Balaban J connectivity index is 1.54. The van der Waals surface area contributed by atoms with Gasteiger partial charge >= 0.3 is 0 Å². The Hall–Kier alpha value is -3.42. The van der Waals surface area contributed by atoms with Gasteiger partial charge in [0, 0.05) is 69.3 Å². The van der Waals surface area contributed by atoms with E-state index in [1.165, 1.54) is 0 Å². The topological polar surface area (TPSA) is 87.2 Å². The molecule has 2 aliphatic rings. The lowest BCUT2D eigenvalue weighted by atomic mass is 10.1. The van der Waals surface area contributed by atoms with Crippen molar-refractivity contribution in [3.05, 3.63) is 53.3 Å². The molecule has 0 unspecified atom stereocenters. The summed E-state index contributed by atoms with van der Waals surface area (Å²) in [5, 5.41) is 13.1. The van der Waals surface area contributed by atoms with E-state index in [4.69, 9.17) is 23.2 Å². The maximum absolute atomic E-state index is 15.3. The molecule has 2 heterocycles. The summed E-state index contributed by atoms with van der Waals surface area (Å²) in [4.78, 5) is 8.92. The molecular formula is C24H29FN8S. The normalized spacial score (nSPS) is 17.1. The van der Waals surface area contributed by atoms with Crippen LogP contribution in [0.15, 0.2) is 41.5 Å². The maximum Gasteiger partial charge on any atom is 0.184 e. The number of anilines is 3. The number of likely N-dealkylation sites (N-methyl/N-ethyl adjacent to an activating group) is 1. The van der Waals surface area contributed by atoms with Crippen LogP contribution in [0.1, 0.15) is 11.1 Å². The number of benzene rings is 2. The number of thiocarbonyl (C=S) groups is 1. The molecule has 0 atom stereocenters. The van der Waals surface area contributed by atoms with Gasteiger partial charge in [0.05, 0.1) is 23.5 Å². The van der Waals surface area contributed by atoms with Crippen LogP contribution in [0.25, 0.3) is 0 Å². The molecule has 0 amide bonds. The molecule has 2 aromatic rings. The van der Waals surface area contributed by atoms with E-state index < -0.39 is 0 Å². The van der Waals surface area contributed by atoms with Crippen LogP contribution in [0.5, 0.6) is 0 Å². The van der Waals surface area contributed by atoms with Crippen LogP contribution in [0.3, 0.4) is 0 Å². The minimum Gasteiger partial charge on any atom is -0.375 e. The molecular weight excluding hydrogens is 451 g/mol. The van der Waals surface area contributed by atoms with Crippen LogP contribution >= 0.6 is 12.2 Å². The highest BCUT2D eigenvalue weighted by molar-refractivity contribution is 7.80. The summed E-state index contributed by atoms with van der Waals surface area (Å²) in [5.74, 6) is -0.276. The van der Waals surface area contributed by atoms with Crippen LogP contribution in [-0.2, 0) is 0 Å². The molecule has 2 saturated heterocycles. The number of piperazine rings is 2. The van der Waals surface area contributed by atoms with Gasteiger partial charge in [0.1, 0.15) is 5.82 Å². The van der Waals surface area contributed by atoms with Crippen LogP contribution in [0.2, 0.25) is 0 Å². The number of nitrogens with zero attached hydrogens (tertiary/aromatic N) is 6. The summed E-state index contributed by atoms with van der Waals surface area (Å²) >= 11 is 4.81. The minimum absolute atomic E-state index is 0.0645. The van der Waals surface area contributed by atoms with E-state index in [0.717, 1.165) is 50.6 Å². The third-order valence-electron chi connectivity index (χ3n) is 6.30. The molecule has 0 spiro atoms. The maximum atomic E-state index is 15.3. The predicted octanol–water partition coefficient (Wildman–Crippen LogP) is 1.94. The van der Waals surface area contributed by atoms with Gasteiger partial charge in [-0.05, 0) is 55.7 Å². The molecule has 2 fully saturated rings. The van der Waals surface area contributed by atoms with Crippen molar-refractivity contribution in [2.45, 2.75) is 0 Å². The predicted molar refractivity (Wildman–Crippen MR) is 139 cm³/mol. The van der Waals surface area contributed by atoms with Crippen molar-refractivity contribution >= 4 is 40.6 Å². The van der Waals surface area contributed by atoms with Crippen molar-refractivity contribution in [3.8, 4) is 6.07 Å². The molecule has 8 nitrogen and oxygen atoms in total. The highest BCUT2D eigenvalue weighted by Crippen LogP contribution is 2.31. The van der Waals surface area contributed by atoms with Crippen LogP contribution in [0.4, 0.5) is 21.5 Å². The lowest BCUT2D eigenvalue weighted by Gasteiger charge is -2.39. The second kappa shape index (κ2) is 10.7. The summed E-state index contributed by atoms with van der Waals surface area (Å²) < 4.78 is 15.3. The van der Waals surface area contributed by atoms with Crippen molar-refractivity contribution in [2.75, 3.05) is 74.1 Å². The lowest BCUT2D eigenvalue weighted by Crippen LogP contribution is -2.47. The van der Waals surface area contributed by atoms with Crippen LogP contribution < -0.4 is 25.9 Å². The van der Waals surface area contributed by atoms with Crippen molar-refractivity contribution in [2.24, 2.45) is 10.8 Å². The van der Waals surface area contributed by atoms with E-state index >= 15 is 4.39 Å². The fraction of sp³-hybridized carbons (Fsp3) is 0.375. The van der Waals surface area contributed by atoms with E-state index in [1.54, 1.807) is 12.3 Å². The van der Waals surface area contributed by atoms with Gasteiger partial charge in [-0.25, -0.2) is 4.39 Å². The first kappa shape index (κ1) is 23.7. The number of halogens is 1. The van der Waals surface area contributed by atoms with Crippen LogP contribution in [-0.4, -0.2) is 75.6 Å². The Morgan fingerprint density at radius 2 is 1.59 bits per heavy atom. The molecule has 0 aliphatic carbocycles. The Morgan fingerprint density at radius 3 is 2.21 bits per heavy atom. The summed E-state index contributed by atoms with van der Waals surface area (Å²) in [6.07, 6.45) is 1.57. The summed E-state index contributed by atoms with van der Waals surface area (Å²) in [5.41, 5.74) is 12.0. The first-order valence-electron chi connectivity index (χ1n) is 11.3. The van der Waals surface area contributed by atoms with E-state index in [-0.39, 0.29) is 10.9 Å². The van der Waals surface area contributed by atoms with Gasteiger partial charge in [0.25, 0.3) is 0 Å². The lowest BCUT2D eigenvalue weighted by molar-refractivity contribution is 0.313. The third-order valence-corrected chi connectivity index (χ3v) is 6.39. The average molecular weight is 481 g/mol. The number of hydrogen-bond acceptors (Lipinski definition) is 7. The Bertz CT molecular complexity index is 1080. The molecule has 2 aliphatic heterocycles. The van der Waals surface area contributed by atoms with Gasteiger partial charge in [0.15, 0.2) is 5.11 Å². The molecule has 0 saturated carbocycles. The highest BCUT2D eigenvalue weighted by atomic mass is 32.1. The van der Waals surface area contributed by atoms with E-state index in [0.29, 0.717) is 29.9 Å². The fourth-order valence-corrected chi connectivity index (χ4v) is 4.40. The first-order chi connectivity index (χ1) is 16.4. The average Bonchev–Trinajstić information content (AvgIpc) is 2.85. The van der Waals surface area contributed by atoms with Crippen molar-refractivity contribution in [1.29, 1.82) is 5.26 Å². The molecule has 34 heavy (non-hydrogen) atoms. The third kappa shape index (κ3) is 5.55. The number of hydrazone groups is 1. The Labute approximate surface area is 205 Å². The monoisotopic (exact) mass is 480 g/mol. The van der Waals surface area contributed by atoms with Crippen molar-refractivity contribution in [3.63, 3.8) is 0 Å². The molecule has 4 rings (SSSR count). The second-order valence-corrected chi connectivity index (χ2v) is 8.96. The zero-order valence-corrected chi connectivity index (χ0v) is 20.1. The number of nitrogens with two attached hydrogens (primary N) is 1. The largest absolute Gasteiger partial charge is 0.375 e. The molecule has 3 N–H and O–H groups in total. The molecule has 0 radical (unpaired) electrons. The van der Waals surface area contributed by atoms with Gasteiger partial charge in [0.2, 0.25) is 0 Å². The molecule has 0 bridgehead atoms. The zero-order chi connectivity index (χ0) is 24.1. The standard InChI is InChI=1S/C24H29FN8S/c1-30-6-8-32(9-7-30)22-15-23(21(25)14-19(22)17-28-29-24(27)34)33-12-10-31(11-13-33)20-4-2-18(16-26)3-5-20/h2-5,14-15,17H,6-13H2,1H3,(H3,27,29,34)/b28-17+. The first-order valence-corrected chi connectivity index (χ1v) is 11.7. The number of rotatable bonds is 5. The van der Waals surface area contributed by atoms with Gasteiger partial charge < -0.3 is 25.3 Å². The van der Waals surface area contributed by atoms with Crippen molar-refractivity contribution < 1.29 is 4.39 Å². The summed E-state index contributed by atoms with van der Waals surface area (Å²) in [6.45, 7) is 6.56. The zero-order valence-electron chi connectivity index (χ0n) is 19.2. The van der Waals surface area contributed by atoms with Gasteiger partial charge in [-0.15, -0.1) is 0 Å². The SMILES string of the molecule is CN1CCN(c2cc(N3CCN(c4ccc(C#N)cc4)CC3)c(F)cc2/C=N/NC(N)=S)CC1. The molecule has 2 aromatic carbocycles. The van der Waals surface area contributed by atoms with Crippen LogP contribution in [0, 0.1) is 17.1 Å². The molecule has 178 valence electrons. The smallest absolute Gasteiger partial charge is 0.184 e. The quantitative estimate of drug-likeness (QED) is 0.382.